The molecule has 120 valence electrons. The van der Waals surface area contributed by atoms with E-state index in [0.717, 1.165) is 31.4 Å². The Kier molecular flexibility index (Phi) is 7.44. The highest BCUT2D eigenvalue weighted by atomic mass is 35.5. The highest BCUT2D eigenvalue weighted by Gasteiger charge is 2.44. The van der Waals surface area contributed by atoms with E-state index in [4.69, 9.17) is 11.6 Å². The van der Waals surface area contributed by atoms with Crippen LogP contribution in [0.25, 0.3) is 0 Å². The van der Waals surface area contributed by atoms with Gasteiger partial charge in [0.25, 0.3) is 5.56 Å². The zero-order chi connectivity index (χ0) is 15.9. The summed E-state index contributed by atoms with van der Waals surface area (Å²) in [4.78, 5) is 11.4. The summed E-state index contributed by atoms with van der Waals surface area (Å²) in [6, 6.07) is 3.49. The maximum atomic E-state index is 11.4. The van der Waals surface area contributed by atoms with Gasteiger partial charge in [-0.1, -0.05) is 47.0 Å². The zero-order valence-electron chi connectivity index (χ0n) is 13.8. The van der Waals surface area contributed by atoms with Crippen molar-refractivity contribution in [1.29, 1.82) is 0 Å². The van der Waals surface area contributed by atoms with E-state index in [-0.39, 0.29) is 11.0 Å². The van der Waals surface area contributed by atoms with Crippen LogP contribution in [-0.2, 0) is 5.41 Å². The molecule has 3 nitrogen and oxygen atoms in total. The van der Waals surface area contributed by atoms with Gasteiger partial charge in [-0.15, -0.1) is 11.6 Å². The van der Waals surface area contributed by atoms with E-state index in [1.807, 2.05) is 6.07 Å². The molecule has 1 N–H and O–H groups in total. The average Bonchev–Trinajstić information content (AvgIpc) is 2.51. The van der Waals surface area contributed by atoms with Crippen LogP contribution in [0.4, 0.5) is 0 Å². The van der Waals surface area contributed by atoms with E-state index in [1.54, 1.807) is 6.07 Å². The first-order valence-electron chi connectivity index (χ1n) is 8.22. The highest BCUT2D eigenvalue weighted by Crippen LogP contribution is 2.46. The smallest absolute Gasteiger partial charge is 0.264 e. The van der Waals surface area contributed by atoms with Gasteiger partial charge >= 0.3 is 0 Å². The number of alkyl halides is 1. The molecule has 0 fully saturated rings. The summed E-state index contributed by atoms with van der Waals surface area (Å²) in [6.45, 7) is 8.89. The molecule has 3 unspecified atom stereocenters. The van der Waals surface area contributed by atoms with Gasteiger partial charge in [-0.2, -0.15) is 5.10 Å². The Labute approximate surface area is 133 Å². The topological polar surface area (TPSA) is 45.8 Å². The molecule has 0 amide bonds. The third-order valence-electron chi connectivity index (χ3n) is 5.01. The van der Waals surface area contributed by atoms with Crippen LogP contribution < -0.4 is 5.56 Å². The molecule has 0 spiro atoms. The van der Waals surface area contributed by atoms with Crippen LogP contribution in [0.2, 0.25) is 0 Å². The minimum Gasteiger partial charge on any atom is -0.268 e. The molecule has 1 heterocycles. The van der Waals surface area contributed by atoms with Crippen LogP contribution in [0.3, 0.4) is 0 Å². The Morgan fingerprint density at radius 2 is 1.86 bits per heavy atom. The predicted molar refractivity (Wildman–Crippen MR) is 90.0 cm³/mol. The lowest BCUT2D eigenvalue weighted by molar-refractivity contribution is 0.146. The van der Waals surface area contributed by atoms with E-state index in [2.05, 4.69) is 37.9 Å². The van der Waals surface area contributed by atoms with Gasteiger partial charge < -0.3 is 0 Å². The highest BCUT2D eigenvalue weighted by molar-refractivity contribution is 6.18. The molecule has 0 saturated carbocycles. The largest absolute Gasteiger partial charge is 0.268 e. The third kappa shape index (κ3) is 3.68. The van der Waals surface area contributed by atoms with Crippen molar-refractivity contribution in [2.24, 2.45) is 11.8 Å². The van der Waals surface area contributed by atoms with Gasteiger partial charge in [0, 0.05) is 17.4 Å². The summed E-state index contributed by atoms with van der Waals surface area (Å²) in [7, 11) is 0. The van der Waals surface area contributed by atoms with E-state index >= 15 is 0 Å². The molecule has 0 aliphatic carbocycles. The average molecular weight is 313 g/mol. The molecule has 1 aromatic heterocycles. The van der Waals surface area contributed by atoms with E-state index in [0.29, 0.717) is 17.7 Å². The molecule has 0 aromatic carbocycles. The van der Waals surface area contributed by atoms with Crippen molar-refractivity contribution < 1.29 is 0 Å². The maximum Gasteiger partial charge on any atom is 0.264 e. The van der Waals surface area contributed by atoms with Crippen molar-refractivity contribution in [2.75, 3.05) is 5.88 Å². The van der Waals surface area contributed by atoms with Crippen molar-refractivity contribution in [1.82, 2.24) is 10.2 Å². The molecule has 3 atom stereocenters. The quantitative estimate of drug-likeness (QED) is 0.682. The summed E-state index contributed by atoms with van der Waals surface area (Å²) in [5, 5.41) is 7.01. The second-order valence-electron chi connectivity index (χ2n) is 5.85. The minimum absolute atomic E-state index is 0.0501. The zero-order valence-corrected chi connectivity index (χ0v) is 14.5. The maximum absolute atomic E-state index is 11.4. The lowest BCUT2D eigenvalue weighted by atomic mass is 9.60. The molecule has 0 saturated heterocycles. The van der Waals surface area contributed by atoms with Crippen LogP contribution >= 0.6 is 11.6 Å². The minimum atomic E-state index is -0.147. The van der Waals surface area contributed by atoms with Crippen LogP contribution in [0.1, 0.15) is 65.5 Å². The van der Waals surface area contributed by atoms with Crippen LogP contribution in [0.15, 0.2) is 16.9 Å². The molecular formula is C17H29ClN2O. The first kappa shape index (κ1) is 18.2. The normalized spacial score (nSPS) is 17.2. The lowest BCUT2D eigenvalue weighted by Crippen LogP contribution is -2.44. The summed E-state index contributed by atoms with van der Waals surface area (Å²) >= 11 is 6.31. The second-order valence-corrected chi connectivity index (χ2v) is 6.16. The Bertz CT molecular complexity index is 450. The summed E-state index contributed by atoms with van der Waals surface area (Å²) in [6.07, 6.45) is 5.45. The summed E-state index contributed by atoms with van der Waals surface area (Å²) < 4.78 is 0. The van der Waals surface area contributed by atoms with Crippen LogP contribution in [-0.4, -0.2) is 16.1 Å². The van der Waals surface area contributed by atoms with Gasteiger partial charge in [-0.3, -0.25) is 4.79 Å². The molecule has 0 aliphatic rings. The second kappa shape index (κ2) is 8.57. The van der Waals surface area contributed by atoms with E-state index in [9.17, 15) is 4.79 Å². The number of aromatic amines is 1. The first-order chi connectivity index (χ1) is 10.1. The molecule has 4 heteroatoms. The number of H-pyrrole nitrogens is 1. The fraction of sp³-hybridized carbons (Fsp3) is 0.765. The number of halogens is 1. The molecule has 21 heavy (non-hydrogen) atoms. The van der Waals surface area contributed by atoms with Gasteiger partial charge in [0.05, 0.1) is 5.69 Å². The van der Waals surface area contributed by atoms with Crippen LogP contribution in [0.5, 0.6) is 0 Å². The first-order valence-corrected chi connectivity index (χ1v) is 8.76. The Morgan fingerprint density at radius 1 is 1.19 bits per heavy atom. The molecule has 1 rings (SSSR count). The number of aromatic nitrogens is 2. The van der Waals surface area contributed by atoms with Gasteiger partial charge in [0.1, 0.15) is 0 Å². The number of nitrogens with zero attached hydrogens (tertiary/aromatic N) is 1. The Morgan fingerprint density at radius 3 is 2.24 bits per heavy atom. The number of nitrogens with one attached hydrogen (secondary N) is 1. The van der Waals surface area contributed by atoms with Gasteiger partial charge in [0.15, 0.2) is 0 Å². The van der Waals surface area contributed by atoms with E-state index < -0.39 is 0 Å². The van der Waals surface area contributed by atoms with E-state index in [1.165, 1.54) is 6.42 Å². The third-order valence-corrected chi connectivity index (χ3v) is 5.38. The van der Waals surface area contributed by atoms with Crippen molar-refractivity contribution in [3.8, 4) is 0 Å². The Balaban J connectivity index is 3.43. The van der Waals surface area contributed by atoms with Gasteiger partial charge in [0.2, 0.25) is 0 Å². The lowest BCUT2D eigenvalue weighted by Gasteiger charge is -2.45. The summed E-state index contributed by atoms with van der Waals surface area (Å²) in [5.41, 5.74) is 0.800. The summed E-state index contributed by atoms with van der Waals surface area (Å²) in [5.74, 6) is 1.54. The van der Waals surface area contributed by atoms with Crippen molar-refractivity contribution >= 4 is 11.6 Å². The molecule has 1 aromatic rings. The van der Waals surface area contributed by atoms with Gasteiger partial charge in [-0.25, -0.2) is 5.10 Å². The standard InChI is InChI=1S/C17H29ClN2O/c1-5-9-13(6-2)17(8-4,14(7-3)12-18)15-10-11-16(21)20-19-15/h10-11,13-14H,5-9,12H2,1-4H3,(H,20,21). The SMILES string of the molecule is CCCC(CC)C(CC)(c1ccc(=O)[nH]n1)C(CC)CCl. The molecule has 0 aliphatic heterocycles. The fourth-order valence-corrected chi connectivity index (χ4v) is 4.39. The molecule has 0 radical (unpaired) electrons. The predicted octanol–water partition coefficient (Wildman–Crippen LogP) is 4.51. The number of rotatable bonds is 9. The number of hydrogen-bond acceptors (Lipinski definition) is 2. The number of hydrogen-bond donors (Lipinski definition) is 1. The molecular weight excluding hydrogens is 284 g/mol. The van der Waals surface area contributed by atoms with Crippen molar-refractivity contribution in [3.63, 3.8) is 0 Å². The molecule has 0 bridgehead atoms. The van der Waals surface area contributed by atoms with Crippen molar-refractivity contribution in [3.05, 3.63) is 28.2 Å². The van der Waals surface area contributed by atoms with Gasteiger partial charge in [-0.05, 0) is 30.7 Å². The Hall–Kier alpha value is -0.830. The fourth-order valence-electron chi connectivity index (χ4n) is 3.90. The van der Waals surface area contributed by atoms with Crippen LogP contribution in [0, 0.1) is 11.8 Å². The monoisotopic (exact) mass is 312 g/mol. The van der Waals surface area contributed by atoms with Crippen molar-refractivity contribution in [2.45, 2.75) is 65.2 Å².